The summed E-state index contributed by atoms with van der Waals surface area (Å²) in [4.78, 5) is 57.4. The number of anilines is 1. The number of hydrogen-bond acceptors (Lipinski definition) is 11. The van der Waals surface area contributed by atoms with E-state index in [-0.39, 0.29) is 83.4 Å². The minimum absolute atomic E-state index is 0.0414. The van der Waals surface area contributed by atoms with Crippen LogP contribution in [0.3, 0.4) is 0 Å². The first-order valence-corrected chi connectivity index (χ1v) is 16.7. The van der Waals surface area contributed by atoms with Crippen molar-refractivity contribution in [1.82, 2.24) is 34.0 Å². The molecule has 1 aromatic carbocycles. The van der Waals surface area contributed by atoms with Gasteiger partial charge in [-0.05, 0) is 37.5 Å². The Balaban J connectivity index is 1.53. The van der Waals surface area contributed by atoms with Gasteiger partial charge >= 0.3 is 6.18 Å². The first-order chi connectivity index (χ1) is 24.8. The molecule has 2 atom stereocenters. The molecule has 2 unspecified atom stereocenters. The van der Waals surface area contributed by atoms with Gasteiger partial charge in [0.15, 0.2) is 17.3 Å². The van der Waals surface area contributed by atoms with Crippen LogP contribution in [0.15, 0.2) is 35.4 Å². The number of primary amides is 1. The first kappa shape index (κ1) is 36.7. The fourth-order valence-electron chi connectivity index (χ4n) is 6.61. The molecule has 0 bridgehead atoms. The van der Waals surface area contributed by atoms with E-state index >= 15 is 0 Å². The van der Waals surface area contributed by atoms with Crippen LogP contribution >= 0.6 is 11.6 Å². The average molecular weight is 746 g/mol. The van der Waals surface area contributed by atoms with E-state index in [1.54, 1.807) is 17.9 Å². The highest BCUT2D eigenvalue weighted by atomic mass is 35.5. The SMILES string of the molecule is CCc1c(N2CCN(C(=O)c3ncnc(C)c3O)C(COC)C2)c(=O)n2nc(C3=CCOCC3)nc2n1C(C(N)=O)c1ccc(C(F)(F)F)cc1Cl. The number of carbonyl (C=O) groups is 2. The molecule has 276 valence electrons. The fourth-order valence-corrected chi connectivity index (χ4v) is 6.90. The third-order valence-electron chi connectivity index (χ3n) is 9.13. The van der Waals surface area contributed by atoms with E-state index in [0.29, 0.717) is 31.3 Å². The molecular formula is C33H35ClF3N9O6. The van der Waals surface area contributed by atoms with E-state index in [4.69, 9.17) is 26.8 Å². The van der Waals surface area contributed by atoms with Gasteiger partial charge in [0, 0.05) is 37.3 Å². The summed E-state index contributed by atoms with van der Waals surface area (Å²) in [5, 5.41) is 14.7. The van der Waals surface area contributed by atoms with Gasteiger partial charge in [0.25, 0.3) is 11.5 Å². The molecule has 3 aromatic heterocycles. The molecule has 0 spiro atoms. The molecule has 0 aliphatic carbocycles. The molecular weight excluding hydrogens is 711 g/mol. The predicted octanol–water partition coefficient (Wildman–Crippen LogP) is 2.79. The van der Waals surface area contributed by atoms with Crippen molar-refractivity contribution in [3.63, 3.8) is 0 Å². The number of aromatic nitrogens is 6. The minimum Gasteiger partial charge on any atom is -0.504 e. The maximum Gasteiger partial charge on any atom is 0.416 e. The van der Waals surface area contributed by atoms with E-state index in [1.165, 1.54) is 29.8 Å². The van der Waals surface area contributed by atoms with Crippen LogP contribution in [0.1, 0.15) is 58.2 Å². The van der Waals surface area contributed by atoms with Crippen LogP contribution in [-0.4, -0.2) is 104 Å². The number of alkyl halides is 3. The Morgan fingerprint density at radius 1 is 1.23 bits per heavy atom. The Morgan fingerprint density at radius 2 is 2.00 bits per heavy atom. The summed E-state index contributed by atoms with van der Waals surface area (Å²) >= 11 is 6.45. The predicted molar refractivity (Wildman–Crippen MR) is 181 cm³/mol. The zero-order valence-corrected chi connectivity index (χ0v) is 29.1. The second-order valence-corrected chi connectivity index (χ2v) is 12.7. The Hall–Kier alpha value is -5.07. The van der Waals surface area contributed by atoms with Gasteiger partial charge in [-0.1, -0.05) is 30.7 Å². The van der Waals surface area contributed by atoms with Gasteiger partial charge in [-0.2, -0.15) is 22.7 Å². The van der Waals surface area contributed by atoms with Crippen molar-refractivity contribution in [3.8, 4) is 5.75 Å². The normalized spacial score (nSPS) is 17.4. The molecule has 2 aliphatic heterocycles. The summed E-state index contributed by atoms with van der Waals surface area (Å²) < 4.78 is 54.1. The third kappa shape index (κ3) is 6.68. The largest absolute Gasteiger partial charge is 0.504 e. The number of aromatic hydroxyl groups is 1. The van der Waals surface area contributed by atoms with Gasteiger partial charge in [-0.3, -0.25) is 19.0 Å². The van der Waals surface area contributed by atoms with Crippen LogP contribution in [0.2, 0.25) is 5.02 Å². The molecule has 0 saturated carbocycles. The lowest BCUT2D eigenvalue weighted by molar-refractivity contribution is -0.137. The second-order valence-electron chi connectivity index (χ2n) is 12.3. The van der Waals surface area contributed by atoms with Gasteiger partial charge in [-0.25, -0.2) is 9.97 Å². The monoisotopic (exact) mass is 745 g/mol. The Morgan fingerprint density at radius 3 is 2.63 bits per heavy atom. The van der Waals surface area contributed by atoms with Crippen LogP contribution in [0.5, 0.6) is 5.75 Å². The minimum atomic E-state index is -4.70. The molecule has 4 aromatic rings. The number of ether oxygens (including phenoxy) is 2. The van der Waals surface area contributed by atoms with Crippen LogP contribution in [0, 0.1) is 6.92 Å². The lowest BCUT2D eigenvalue weighted by Crippen LogP contribution is -2.58. The lowest BCUT2D eigenvalue weighted by Gasteiger charge is -2.42. The third-order valence-corrected chi connectivity index (χ3v) is 9.45. The van der Waals surface area contributed by atoms with E-state index in [2.05, 4.69) is 20.1 Å². The van der Waals surface area contributed by atoms with Crippen molar-refractivity contribution in [2.75, 3.05) is 51.5 Å². The van der Waals surface area contributed by atoms with Crippen LogP contribution in [-0.2, 0) is 26.9 Å². The van der Waals surface area contributed by atoms with Crippen molar-refractivity contribution in [2.45, 2.75) is 44.9 Å². The maximum absolute atomic E-state index is 14.5. The summed E-state index contributed by atoms with van der Waals surface area (Å²) in [6.07, 6.45) is -1.18. The number of fused-ring (bicyclic) bond motifs is 1. The molecule has 3 N–H and O–H groups in total. The zero-order chi connectivity index (χ0) is 37.5. The van der Waals surface area contributed by atoms with E-state index in [0.717, 1.165) is 16.6 Å². The number of halogens is 4. The number of amides is 2. The quantitative estimate of drug-likeness (QED) is 0.257. The van der Waals surface area contributed by atoms with Crippen LogP contribution in [0.4, 0.5) is 18.9 Å². The van der Waals surface area contributed by atoms with Gasteiger partial charge in [0.2, 0.25) is 11.7 Å². The molecule has 15 nitrogen and oxygen atoms in total. The molecule has 19 heteroatoms. The summed E-state index contributed by atoms with van der Waals surface area (Å²) in [5.74, 6) is -1.78. The highest BCUT2D eigenvalue weighted by molar-refractivity contribution is 6.31. The van der Waals surface area contributed by atoms with E-state index in [9.17, 15) is 32.7 Å². The van der Waals surface area contributed by atoms with E-state index < -0.39 is 41.2 Å². The number of carbonyl (C=O) groups excluding carboxylic acids is 2. The number of rotatable bonds is 9. The second kappa shape index (κ2) is 14.5. The molecule has 6 rings (SSSR count). The molecule has 5 heterocycles. The highest BCUT2D eigenvalue weighted by Gasteiger charge is 2.38. The average Bonchev–Trinajstić information content (AvgIpc) is 3.57. The summed E-state index contributed by atoms with van der Waals surface area (Å²) in [6.45, 7) is 4.23. The van der Waals surface area contributed by atoms with Gasteiger partial charge in [0.05, 0.1) is 42.8 Å². The van der Waals surface area contributed by atoms with Crippen molar-refractivity contribution < 1.29 is 37.3 Å². The smallest absolute Gasteiger partial charge is 0.416 e. The highest BCUT2D eigenvalue weighted by Crippen LogP contribution is 2.37. The van der Waals surface area contributed by atoms with Crippen molar-refractivity contribution >= 4 is 40.5 Å². The van der Waals surface area contributed by atoms with Crippen molar-refractivity contribution in [2.24, 2.45) is 5.73 Å². The molecule has 1 saturated heterocycles. The Kier molecular flexibility index (Phi) is 10.2. The van der Waals surface area contributed by atoms with Gasteiger partial charge in [0.1, 0.15) is 18.1 Å². The van der Waals surface area contributed by atoms with Gasteiger partial charge < -0.3 is 30.1 Å². The topological polar surface area (TPSA) is 183 Å². The van der Waals surface area contributed by atoms with Crippen LogP contribution in [0.25, 0.3) is 11.4 Å². The Bertz CT molecular complexity index is 2140. The number of aryl methyl sites for hydroxylation is 1. The lowest BCUT2D eigenvalue weighted by atomic mass is 10.0. The summed E-state index contributed by atoms with van der Waals surface area (Å²) in [5.41, 5.74) is 5.47. The number of piperazine rings is 1. The molecule has 2 aliphatic rings. The molecule has 1 fully saturated rings. The number of methoxy groups -OCH3 is 1. The zero-order valence-electron chi connectivity index (χ0n) is 28.4. The Labute approximate surface area is 299 Å². The maximum atomic E-state index is 14.5. The van der Waals surface area contributed by atoms with Crippen LogP contribution < -0.4 is 16.2 Å². The summed E-state index contributed by atoms with van der Waals surface area (Å²) in [6, 6.07) is 0.422. The van der Waals surface area contributed by atoms with Crippen molar-refractivity contribution in [1.29, 1.82) is 0 Å². The van der Waals surface area contributed by atoms with E-state index in [1.807, 2.05) is 0 Å². The fraction of sp³-hybridized carbons (Fsp3) is 0.424. The summed E-state index contributed by atoms with van der Waals surface area (Å²) in [7, 11) is 1.46. The number of nitrogens with two attached hydrogens (primary N) is 1. The number of benzene rings is 1. The standard InChI is InChI=1S/C33H35ClF3N9O6/c1-4-23-26(43-9-10-44(20(14-43)15-51-3)30(49)24-27(47)17(2)39-16-40-24)31(50)46-32(41-29(42-46)18-7-11-52-12-8-18)45(23)25(28(38)48)21-6-5-19(13-22(21)34)33(35,36)37/h5-7,13,16,20,25,47H,4,8-12,14-15H2,1-3H3,(H2,38,48). The van der Waals surface area contributed by atoms with Crippen molar-refractivity contribution in [3.05, 3.63) is 80.0 Å². The molecule has 52 heavy (non-hydrogen) atoms. The van der Waals surface area contributed by atoms with Gasteiger partial charge in [-0.15, -0.1) is 5.10 Å². The molecule has 2 amide bonds. The number of nitrogens with zero attached hydrogens (tertiary/aromatic N) is 8. The first-order valence-electron chi connectivity index (χ1n) is 16.3. The number of hydrogen-bond donors (Lipinski definition) is 2. The molecule has 0 radical (unpaired) electrons.